The van der Waals surface area contributed by atoms with Gasteiger partial charge in [0.2, 0.25) is 17.7 Å². The van der Waals surface area contributed by atoms with Crippen molar-refractivity contribution in [1.29, 1.82) is 0 Å². The summed E-state index contributed by atoms with van der Waals surface area (Å²) >= 11 is 6.06. The third-order valence-electron chi connectivity index (χ3n) is 21.0. The lowest BCUT2D eigenvalue weighted by Gasteiger charge is -2.27. The molecule has 3 atom stereocenters. The number of halogens is 11. The zero-order valence-electron chi connectivity index (χ0n) is 59.0. The molecule has 3 aliphatic heterocycles. The van der Waals surface area contributed by atoms with Crippen molar-refractivity contribution in [2.45, 2.75) is 145 Å². The highest BCUT2D eigenvalue weighted by atomic mass is 35.5. The molecule has 6 aliphatic rings. The summed E-state index contributed by atoms with van der Waals surface area (Å²) < 4.78 is 132. The number of fused-ring (bicyclic) bond motifs is 6. The summed E-state index contributed by atoms with van der Waals surface area (Å²) in [6.07, 6.45) is -3.49. The SMILES string of the molecule is Cc1cc(C2(C3CC3)C(=O)Nc3nc(-c4cn5ncnc5c(CCCC(F)(F)F)n4)[nH]c(=O)c32)ccc1F.Cc1ccc(C2(C3CC3)C(=O)Nc3nc(-c4cn5ncnc5c(CCCC(F)(F)F)n4)[nH]c(=O)c32)cc1.O=C1Nc2nc(-c3cn4ncnc4c(CCCC(F)(F)F)n3)[nH]c(=O)c2C1(c1ccc(Cl)cc1)C1CC1. The van der Waals surface area contributed by atoms with Crippen LogP contribution in [0.4, 0.5) is 61.4 Å². The number of nitrogens with one attached hydrogen (secondary N) is 6. The molecule has 3 amide bonds. The molecule has 3 aliphatic carbocycles. The predicted octanol–water partition coefficient (Wildman–Crippen LogP) is 11.6. The van der Waals surface area contributed by atoms with E-state index in [1.54, 1.807) is 37.3 Å². The third kappa shape index (κ3) is 13.5. The van der Waals surface area contributed by atoms with E-state index < -0.39 is 82.4 Å². The number of hydrogen-bond donors (Lipinski definition) is 6. The van der Waals surface area contributed by atoms with Crippen LogP contribution in [-0.4, -0.2) is 125 Å². The number of H-pyrrole nitrogens is 3. The maximum atomic E-state index is 14.0. The fourth-order valence-electron chi connectivity index (χ4n) is 15.7. The maximum Gasteiger partial charge on any atom is 0.389 e. The van der Waals surface area contributed by atoms with Crippen molar-refractivity contribution in [1.82, 2.24) is 88.6 Å². The summed E-state index contributed by atoms with van der Waals surface area (Å²) in [4.78, 5) is 128. The molecule has 576 valence electrons. The molecule has 12 heterocycles. The summed E-state index contributed by atoms with van der Waals surface area (Å²) in [5.41, 5.74) is 1.18. The van der Waals surface area contributed by atoms with Crippen LogP contribution in [-0.2, 0) is 49.9 Å². The summed E-state index contributed by atoms with van der Waals surface area (Å²) in [6, 6.07) is 18.8. The van der Waals surface area contributed by atoms with Crippen LogP contribution in [0.1, 0.15) is 139 Å². The van der Waals surface area contributed by atoms with E-state index in [1.807, 2.05) is 31.2 Å². The van der Waals surface area contributed by atoms with Gasteiger partial charge in [0, 0.05) is 24.3 Å². The van der Waals surface area contributed by atoms with Crippen molar-refractivity contribution in [2.75, 3.05) is 16.0 Å². The van der Waals surface area contributed by atoms with E-state index in [-0.39, 0.29) is 142 Å². The van der Waals surface area contributed by atoms with Crippen molar-refractivity contribution < 1.29 is 58.3 Å². The molecule has 3 saturated carbocycles. The number of amides is 3. The molecule has 3 unspecified atom stereocenters. The first-order chi connectivity index (χ1) is 53.4. The van der Waals surface area contributed by atoms with Crippen molar-refractivity contribution in [2.24, 2.45) is 17.8 Å². The Morgan fingerprint density at radius 2 is 0.750 bits per heavy atom. The lowest BCUT2D eigenvalue weighted by molar-refractivity contribution is -0.136. The number of rotatable bonds is 18. The molecule has 0 radical (unpaired) electrons. The van der Waals surface area contributed by atoms with Gasteiger partial charge in [-0.15, -0.1) is 0 Å². The topological polar surface area (TPSA) is 354 Å². The maximum absolute atomic E-state index is 14.0. The molecule has 112 heavy (non-hydrogen) atoms. The van der Waals surface area contributed by atoms with Crippen molar-refractivity contribution in [3.05, 3.63) is 208 Å². The number of benzene rings is 3. The quantitative estimate of drug-likeness (QED) is 0.0435. The summed E-state index contributed by atoms with van der Waals surface area (Å²) in [5.74, 6) is -1.17. The predicted molar refractivity (Wildman–Crippen MR) is 381 cm³/mol. The van der Waals surface area contributed by atoms with E-state index >= 15 is 0 Å². The van der Waals surface area contributed by atoms with Gasteiger partial charge >= 0.3 is 18.5 Å². The lowest BCUT2D eigenvalue weighted by atomic mass is 9.71. The zero-order chi connectivity index (χ0) is 78.7. The first-order valence-electron chi connectivity index (χ1n) is 35.7. The lowest BCUT2D eigenvalue weighted by Crippen LogP contribution is -2.41. The number of aromatic amines is 3. The second-order valence-electron chi connectivity index (χ2n) is 28.6. The monoisotopic (exact) mass is 1570 g/mol. The number of aryl methyl sites for hydroxylation is 5. The largest absolute Gasteiger partial charge is 0.389 e. The minimum absolute atomic E-state index is 0.00279. The highest BCUT2D eigenvalue weighted by molar-refractivity contribution is 6.30. The molecule has 18 rings (SSSR count). The Bertz CT molecular complexity index is 5750. The van der Waals surface area contributed by atoms with Crippen LogP contribution >= 0.6 is 11.6 Å². The molecular formula is C74H62ClF10N21O6. The van der Waals surface area contributed by atoms with Gasteiger partial charge in [0.25, 0.3) is 16.7 Å². The van der Waals surface area contributed by atoms with Gasteiger partial charge < -0.3 is 30.9 Å². The van der Waals surface area contributed by atoms with Crippen LogP contribution in [0.25, 0.3) is 51.5 Å². The van der Waals surface area contributed by atoms with Crippen molar-refractivity contribution >= 4 is 63.7 Å². The Morgan fingerprint density at radius 3 is 1.06 bits per heavy atom. The number of carbonyl (C=O) groups excluding carboxylic acids is 3. The van der Waals surface area contributed by atoms with E-state index in [9.17, 15) is 72.7 Å². The number of alkyl halides is 9. The van der Waals surface area contributed by atoms with Crippen LogP contribution in [0.15, 0.2) is 119 Å². The Morgan fingerprint density at radius 1 is 0.438 bits per heavy atom. The molecule has 27 nitrogen and oxygen atoms in total. The fraction of sp³-hybridized carbons (Fsp3) is 0.351. The number of nitrogens with zero attached hydrogens (tertiary/aromatic N) is 15. The second kappa shape index (κ2) is 27.8. The second-order valence-corrected chi connectivity index (χ2v) is 29.0. The number of carbonyl (C=O) groups is 3. The standard InChI is InChI=1S/C25H21F4N7O2.C25H22F3N7O2.C24H19ClF3N7O2/c1-12-9-14(6-7-15(12)26)25(13-4-5-13)18-20(35-23(25)38)33-19(34-22(18)37)17-10-36-21(30-11-31-36)16(32-17)3-2-8-24(27,28)29;1-13-4-6-14(7-5-13)25(15-8-9-15)18-20(34-23(25)37)32-19(33-22(18)36)17-11-35-21(29-12-30-35)16(31-17)3-2-10-24(26,27)28;25-14-7-5-13(6-8-14)24(12-3-4-12)17-19(34-22(24)37)32-18(33-21(17)36)16-10-35-20(29-11-30-35)15(31-16)2-1-9-23(26,27)28/h6-7,9-11,13H,2-5,8H2,1H3,(H2,33,34,35,37,38);4-7,11-12,15H,2-3,8-10H2,1H3,(H2,32,33,34,36,37);5-8,10-12H,1-4,9H2,(H2,32,33,34,36,37). The summed E-state index contributed by atoms with van der Waals surface area (Å²) in [7, 11) is 0. The van der Waals surface area contributed by atoms with E-state index in [0.717, 1.165) is 49.7 Å². The van der Waals surface area contributed by atoms with Crippen LogP contribution in [0, 0.1) is 37.4 Å². The van der Waals surface area contributed by atoms with Gasteiger partial charge in [-0.1, -0.05) is 65.7 Å². The zero-order valence-corrected chi connectivity index (χ0v) is 59.7. The molecule has 12 aromatic rings. The molecule has 0 saturated heterocycles. The highest BCUT2D eigenvalue weighted by Gasteiger charge is 2.62. The molecule has 0 spiro atoms. The molecule has 38 heteroatoms. The van der Waals surface area contributed by atoms with Gasteiger partial charge in [-0.3, -0.25) is 28.8 Å². The summed E-state index contributed by atoms with van der Waals surface area (Å²) in [5, 5.41) is 21.1. The molecule has 3 aromatic carbocycles. The summed E-state index contributed by atoms with van der Waals surface area (Å²) in [6.45, 7) is 3.55. The van der Waals surface area contributed by atoms with Crippen molar-refractivity contribution in [3.63, 3.8) is 0 Å². The van der Waals surface area contributed by atoms with Crippen LogP contribution in [0.3, 0.4) is 0 Å². The molecule has 9 aromatic heterocycles. The highest BCUT2D eigenvalue weighted by Crippen LogP contribution is 2.58. The van der Waals surface area contributed by atoms with E-state index in [2.05, 4.69) is 91.1 Å². The average molecular weight is 1570 g/mol. The van der Waals surface area contributed by atoms with Gasteiger partial charge in [-0.2, -0.15) is 54.8 Å². The third-order valence-corrected chi connectivity index (χ3v) is 21.3. The normalized spacial score (nSPS) is 19.2. The Balaban J connectivity index is 0.000000127. The van der Waals surface area contributed by atoms with Gasteiger partial charge in [0.05, 0.1) is 52.4 Å². The first-order valence-corrected chi connectivity index (χ1v) is 36.1. The number of hydrogen-bond acceptors (Lipinski definition) is 18. The molecule has 6 N–H and O–H groups in total. The number of anilines is 3. The number of aromatic nitrogens is 18. The van der Waals surface area contributed by atoms with Gasteiger partial charge in [-0.05, 0) is 149 Å². The fourth-order valence-corrected chi connectivity index (χ4v) is 15.8. The average Bonchev–Trinajstić information content (AvgIpc) is 1.55. The molecule has 0 bridgehead atoms. The van der Waals surface area contributed by atoms with Crippen LogP contribution in [0.5, 0.6) is 0 Å². The smallest absolute Gasteiger partial charge is 0.309 e. The van der Waals surface area contributed by atoms with Gasteiger partial charge in [0.15, 0.2) is 34.4 Å². The molecule has 3 fully saturated rings. The van der Waals surface area contributed by atoms with Crippen molar-refractivity contribution in [3.8, 4) is 34.6 Å². The van der Waals surface area contributed by atoms with E-state index in [0.29, 0.717) is 50.0 Å². The first kappa shape index (κ1) is 74.1. The minimum Gasteiger partial charge on any atom is -0.309 e. The van der Waals surface area contributed by atoms with Crippen LogP contribution < -0.4 is 32.6 Å². The Kier molecular flexibility index (Phi) is 18.4. The Hall–Kier alpha value is -12.1. The van der Waals surface area contributed by atoms with Gasteiger partial charge in [0.1, 0.15) is 75.6 Å². The molecular weight excluding hydrogens is 1500 g/mol. The Labute approximate surface area is 629 Å². The van der Waals surface area contributed by atoms with Crippen LogP contribution in [0.2, 0.25) is 5.02 Å². The van der Waals surface area contributed by atoms with E-state index in [4.69, 9.17) is 11.6 Å². The van der Waals surface area contributed by atoms with E-state index in [1.165, 1.54) is 63.3 Å². The van der Waals surface area contributed by atoms with Gasteiger partial charge in [-0.25, -0.2) is 62.8 Å². The minimum atomic E-state index is -4.30.